The van der Waals surface area contributed by atoms with E-state index in [4.69, 9.17) is 0 Å². The molecule has 2 aromatic heterocycles. The predicted molar refractivity (Wildman–Crippen MR) is 68.6 cm³/mol. The van der Waals surface area contributed by atoms with Crippen molar-refractivity contribution in [3.8, 4) is 11.3 Å². The fourth-order valence-corrected chi connectivity index (χ4v) is 2.72. The fraction of sp³-hybridized carbons (Fsp3) is 0.0769. The van der Waals surface area contributed by atoms with Crippen LogP contribution in [-0.4, -0.2) is 15.7 Å². The van der Waals surface area contributed by atoms with Crippen LogP contribution in [0.4, 0.5) is 0 Å². The van der Waals surface area contributed by atoms with Crippen LogP contribution in [0.2, 0.25) is 0 Å². The Kier molecular flexibility index (Phi) is 2.30. The zero-order valence-electron chi connectivity index (χ0n) is 9.25. The number of carbonyl (C=O) groups excluding carboxylic acids is 1. The van der Waals surface area contributed by atoms with Gasteiger partial charge in [-0.2, -0.15) is 0 Å². The van der Waals surface area contributed by atoms with Crippen LogP contribution >= 0.6 is 11.3 Å². The summed E-state index contributed by atoms with van der Waals surface area (Å²) in [5.41, 5.74) is 3.94. The molecule has 0 aliphatic carbocycles. The number of nitrogens with zero attached hydrogens (tertiary/aromatic N) is 2. The van der Waals surface area contributed by atoms with Crippen molar-refractivity contribution in [2.24, 2.45) is 0 Å². The molecular formula is C13H10N2OS. The molecule has 0 saturated heterocycles. The van der Waals surface area contributed by atoms with Gasteiger partial charge in [-0.05, 0) is 12.5 Å². The van der Waals surface area contributed by atoms with Gasteiger partial charge in [0.2, 0.25) is 0 Å². The highest BCUT2D eigenvalue weighted by molar-refractivity contribution is 7.15. The fourth-order valence-electron chi connectivity index (χ4n) is 1.84. The molecule has 0 amide bonds. The van der Waals surface area contributed by atoms with Gasteiger partial charge in [-0.1, -0.05) is 29.8 Å². The normalized spacial score (nSPS) is 10.9. The summed E-state index contributed by atoms with van der Waals surface area (Å²) in [5, 5.41) is 2.03. The predicted octanol–water partition coefficient (Wildman–Crippen LogP) is 3.18. The SMILES string of the molecule is Cc1ccc(-c2csc3ncc(C=O)n23)cc1. The second kappa shape index (κ2) is 3.82. The van der Waals surface area contributed by atoms with E-state index >= 15 is 0 Å². The Morgan fingerprint density at radius 1 is 1.29 bits per heavy atom. The van der Waals surface area contributed by atoms with Crippen LogP contribution < -0.4 is 0 Å². The molecule has 0 saturated carbocycles. The molecule has 17 heavy (non-hydrogen) atoms. The second-order valence-corrected chi connectivity index (χ2v) is 4.74. The van der Waals surface area contributed by atoms with Crippen LogP contribution in [0.1, 0.15) is 16.1 Å². The lowest BCUT2D eigenvalue weighted by atomic mass is 10.1. The summed E-state index contributed by atoms with van der Waals surface area (Å²) in [5.74, 6) is 0. The molecule has 0 unspecified atom stereocenters. The molecule has 3 rings (SSSR count). The highest BCUT2D eigenvalue weighted by Crippen LogP contribution is 2.26. The molecule has 2 heterocycles. The van der Waals surface area contributed by atoms with Crippen LogP contribution in [0.15, 0.2) is 35.8 Å². The lowest BCUT2D eigenvalue weighted by Crippen LogP contribution is -1.91. The van der Waals surface area contributed by atoms with Crippen molar-refractivity contribution in [1.29, 1.82) is 0 Å². The minimum atomic E-state index is 0.594. The number of carbonyl (C=O) groups is 1. The van der Waals surface area contributed by atoms with Crippen LogP contribution in [-0.2, 0) is 0 Å². The lowest BCUT2D eigenvalue weighted by molar-refractivity contribution is 0.111. The molecule has 0 aliphatic rings. The van der Waals surface area contributed by atoms with Gasteiger partial charge in [-0.15, -0.1) is 11.3 Å². The van der Waals surface area contributed by atoms with Crippen molar-refractivity contribution in [2.45, 2.75) is 6.92 Å². The number of fused-ring (bicyclic) bond motifs is 1. The van der Waals surface area contributed by atoms with Gasteiger partial charge >= 0.3 is 0 Å². The number of rotatable bonds is 2. The Morgan fingerprint density at radius 3 is 2.76 bits per heavy atom. The number of thiazole rings is 1. The van der Waals surface area contributed by atoms with Gasteiger partial charge in [-0.3, -0.25) is 9.20 Å². The Morgan fingerprint density at radius 2 is 2.06 bits per heavy atom. The first kappa shape index (κ1) is 10.2. The van der Waals surface area contributed by atoms with E-state index in [2.05, 4.69) is 36.2 Å². The molecule has 0 atom stereocenters. The zero-order valence-corrected chi connectivity index (χ0v) is 10.1. The van der Waals surface area contributed by atoms with Gasteiger partial charge in [0.15, 0.2) is 11.2 Å². The molecule has 3 nitrogen and oxygen atoms in total. The molecule has 3 aromatic rings. The smallest absolute Gasteiger partial charge is 0.194 e. The molecule has 0 radical (unpaired) electrons. The van der Waals surface area contributed by atoms with E-state index in [0.717, 1.165) is 22.5 Å². The van der Waals surface area contributed by atoms with Gasteiger partial charge in [-0.25, -0.2) is 4.98 Å². The summed E-state index contributed by atoms with van der Waals surface area (Å²) in [6.45, 7) is 2.06. The topological polar surface area (TPSA) is 34.4 Å². The molecule has 84 valence electrons. The lowest BCUT2D eigenvalue weighted by Gasteiger charge is -2.01. The minimum absolute atomic E-state index is 0.594. The maximum Gasteiger partial charge on any atom is 0.194 e. The quantitative estimate of drug-likeness (QED) is 0.647. The van der Waals surface area contributed by atoms with Crippen molar-refractivity contribution in [3.63, 3.8) is 0 Å². The van der Waals surface area contributed by atoms with Gasteiger partial charge in [0, 0.05) is 5.38 Å². The minimum Gasteiger partial charge on any atom is -0.296 e. The van der Waals surface area contributed by atoms with Gasteiger partial charge < -0.3 is 0 Å². The Hall–Kier alpha value is -1.94. The third kappa shape index (κ3) is 1.57. The third-order valence-corrected chi connectivity index (χ3v) is 3.58. The highest BCUT2D eigenvalue weighted by Gasteiger charge is 2.10. The first-order valence-corrected chi connectivity index (χ1v) is 6.15. The van der Waals surface area contributed by atoms with E-state index < -0.39 is 0 Å². The summed E-state index contributed by atoms with van der Waals surface area (Å²) >= 11 is 1.54. The average Bonchev–Trinajstić information content (AvgIpc) is 2.91. The van der Waals surface area contributed by atoms with Crippen molar-refractivity contribution < 1.29 is 4.79 Å². The van der Waals surface area contributed by atoms with E-state index in [1.54, 1.807) is 17.5 Å². The maximum atomic E-state index is 11.0. The zero-order chi connectivity index (χ0) is 11.8. The van der Waals surface area contributed by atoms with E-state index in [0.29, 0.717) is 5.69 Å². The first-order valence-electron chi connectivity index (χ1n) is 5.27. The van der Waals surface area contributed by atoms with E-state index in [-0.39, 0.29) is 0 Å². The van der Waals surface area contributed by atoms with Crippen molar-refractivity contribution >= 4 is 22.6 Å². The summed E-state index contributed by atoms with van der Waals surface area (Å²) in [6.07, 6.45) is 2.45. The molecule has 0 aliphatic heterocycles. The molecule has 0 fully saturated rings. The van der Waals surface area contributed by atoms with E-state index in [1.807, 2.05) is 9.78 Å². The largest absolute Gasteiger partial charge is 0.296 e. The Bertz CT molecular complexity index is 679. The molecule has 1 aromatic carbocycles. The van der Waals surface area contributed by atoms with Gasteiger partial charge in [0.05, 0.1) is 11.9 Å². The van der Waals surface area contributed by atoms with Crippen molar-refractivity contribution in [2.75, 3.05) is 0 Å². The number of aromatic nitrogens is 2. The van der Waals surface area contributed by atoms with Crippen LogP contribution in [0.25, 0.3) is 16.2 Å². The molecule has 0 spiro atoms. The molecular weight excluding hydrogens is 232 g/mol. The van der Waals surface area contributed by atoms with Crippen LogP contribution in [0.5, 0.6) is 0 Å². The highest BCUT2D eigenvalue weighted by atomic mass is 32.1. The molecule has 0 bridgehead atoms. The van der Waals surface area contributed by atoms with Crippen molar-refractivity contribution in [3.05, 3.63) is 47.1 Å². The number of aldehydes is 1. The summed E-state index contributed by atoms with van der Waals surface area (Å²) in [4.78, 5) is 16.0. The van der Waals surface area contributed by atoms with E-state index in [1.165, 1.54) is 5.56 Å². The number of imidazole rings is 1. The Balaban J connectivity index is 2.26. The van der Waals surface area contributed by atoms with Gasteiger partial charge in [0.1, 0.15) is 5.69 Å². The third-order valence-electron chi connectivity index (χ3n) is 2.74. The molecule has 0 N–H and O–H groups in total. The first-order chi connectivity index (χ1) is 8.29. The Labute approximate surface area is 102 Å². The maximum absolute atomic E-state index is 11.0. The number of aryl methyl sites for hydroxylation is 1. The van der Waals surface area contributed by atoms with Crippen LogP contribution in [0, 0.1) is 6.92 Å². The number of hydrogen-bond donors (Lipinski definition) is 0. The van der Waals surface area contributed by atoms with Gasteiger partial charge in [0.25, 0.3) is 0 Å². The van der Waals surface area contributed by atoms with E-state index in [9.17, 15) is 4.79 Å². The summed E-state index contributed by atoms with van der Waals surface area (Å²) < 4.78 is 1.89. The summed E-state index contributed by atoms with van der Waals surface area (Å²) in [6, 6.07) is 8.25. The second-order valence-electron chi connectivity index (χ2n) is 3.91. The standard InChI is InChI=1S/C13H10N2OS/c1-9-2-4-10(5-3-9)12-8-17-13-14-6-11(7-16)15(12)13/h2-8H,1H3. The number of benzene rings is 1. The van der Waals surface area contributed by atoms with Crippen molar-refractivity contribution in [1.82, 2.24) is 9.38 Å². The average molecular weight is 242 g/mol. The summed E-state index contributed by atoms with van der Waals surface area (Å²) in [7, 11) is 0. The van der Waals surface area contributed by atoms with Crippen LogP contribution in [0.3, 0.4) is 0 Å². The molecule has 4 heteroatoms. The number of hydrogen-bond acceptors (Lipinski definition) is 3. The monoisotopic (exact) mass is 242 g/mol.